The van der Waals surface area contributed by atoms with Gasteiger partial charge in [-0.2, -0.15) is 0 Å². The predicted octanol–water partition coefficient (Wildman–Crippen LogP) is 0.772. The van der Waals surface area contributed by atoms with Crippen LogP contribution in [0.5, 0.6) is 0 Å². The summed E-state index contributed by atoms with van der Waals surface area (Å²) < 4.78 is 11.7. The summed E-state index contributed by atoms with van der Waals surface area (Å²) in [6.07, 6.45) is 4.24. The topological polar surface area (TPSA) is 73.6 Å². The molecule has 1 aliphatic carbocycles. The molecule has 1 spiro atoms. The lowest BCUT2D eigenvalue weighted by atomic mass is 10.1. The molecule has 3 N–H and O–H groups in total. The number of carbonyl (C=O) groups excluding carboxylic acids is 1. The van der Waals surface area contributed by atoms with Crippen molar-refractivity contribution in [2.75, 3.05) is 13.2 Å². The number of amides is 1. The van der Waals surface area contributed by atoms with E-state index in [1.807, 2.05) is 13.8 Å². The zero-order chi connectivity index (χ0) is 13.2. The zero-order valence-electron chi connectivity index (χ0n) is 11.3. The second-order valence-electron chi connectivity index (χ2n) is 5.68. The summed E-state index contributed by atoms with van der Waals surface area (Å²) in [5, 5.41) is 2.84. The van der Waals surface area contributed by atoms with Gasteiger partial charge in [0.25, 0.3) is 0 Å². The predicted molar refractivity (Wildman–Crippen MR) is 67.8 cm³/mol. The molecular weight excluding hydrogens is 232 g/mol. The van der Waals surface area contributed by atoms with Crippen LogP contribution < -0.4 is 11.1 Å². The molecule has 2 atom stereocenters. The van der Waals surface area contributed by atoms with Gasteiger partial charge < -0.3 is 20.5 Å². The number of nitrogens with two attached hydrogens (primary N) is 1. The van der Waals surface area contributed by atoms with Crippen molar-refractivity contribution in [3.63, 3.8) is 0 Å². The van der Waals surface area contributed by atoms with Crippen molar-refractivity contribution in [2.45, 2.75) is 57.5 Å². The van der Waals surface area contributed by atoms with Gasteiger partial charge in [-0.15, -0.1) is 0 Å². The number of rotatable bonds is 4. The molecule has 1 saturated heterocycles. The third-order valence-electron chi connectivity index (χ3n) is 3.80. The first-order valence-corrected chi connectivity index (χ1v) is 6.87. The van der Waals surface area contributed by atoms with E-state index in [-0.39, 0.29) is 23.7 Å². The molecule has 5 nitrogen and oxygen atoms in total. The Morgan fingerprint density at radius 3 is 2.72 bits per heavy atom. The largest absolute Gasteiger partial charge is 0.352 e. The van der Waals surface area contributed by atoms with Gasteiger partial charge in [0.15, 0.2) is 5.79 Å². The average molecular weight is 256 g/mol. The van der Waals surface area contributed by atoms with Crippen molar-refractivity contribution >= 4 is 5.91 Å². The Hall–Kier alpha value is -0.650. The smallest absolute Gasteiger partial charge is 0.237 e. The normalized spacial score (nSPS) is 27.9. The molecule has 0 bridgehead atoms. The molecule has 1 amide bonds. The van der Waals surface area contributed by atoms with E-state index in [2.05, 4.69) is 5.32 Å². The Bertz CT molecular complexity index is 301. The molecule has 5 heteroatoms. The molecule has 2 rings (SSSR count). The highest BCUT2D eigenvalue weighted by Crippen LogP contribution is 2.38. The van der Waals surface area contributed by atoms with E-state index in [4.69, 9.17) is 15.2 Å². The summed E-state index contributed by atoms with van der Waals surface area (Å²) in [6.45, 7) is 4.93. The van der Waals surface area contributed by atoms with Crippen LogP contribution in [0.1, 0.15) is 39.5 Å². The van der Waals surface area contributed by atoms with Crippen molar-refractivity contribution in [3.05, 3.63) is 0 Å². The number of ether oxygens (including phenoxy) is 2. The Morgan fingerprint density at radius 2 is 2.11 bits per heavy atom. The van der Waals surface area contributed by atoms with E-state index < -0.39 is 6.04 Å². The Labute approximate surface area is 108 Å². The molecule has 0 aromatic heterocycles. The highest BCUT2D eigenvalue weighted by atomic mass is 16.7. The highest BCUT2D eigenvalue weighted by molar-refractivity contribution is 5.81. The van der Waals surface area contributed by atoms with Crippen LogP contribution in [-0.4, -0.2) is 37.0 Å². The van der Waals surface area contributed by atoms with Gasteiger partial charge in [-0.25, -0.2) is 0 Å². The molecule has 0 aromatic carbocycles. The maximum absolute atomic E-state index is 11.7. The standard InChI is InChI=1S/C13H24N2O3/c1-9(2)11(14)12(16)15-7-10-8-17-13(18-10)5-3-4-6-13/h9-11H,3-8,14H2,1-2H3,(H,15,16)/t10?,11-/m0/s1. The number of hydrogen-bond donors (Lipinski definition) is 2. The van der Waals surface area contributed by atoms with Gasteiger partial charge in [0.1, 0.15) is 6.10 Å². The van der Waals surface area contributed by atoms with Gasteiger partial charge in [-0.1, -0.05) is 13.8 Å². The van der Waals surface area contributed by atoms with Crippen LogP contribution in [0.3, 0.4) is 0 Å². The van der Waals surface area contributed by atoms with E-state index in [0.29, 0.717) is 13.2 Å². The summed E-state index contributed by atoms with van der Waals surface area (Å²) in [5.41, 5.74) is 5.78. The Kier molecular flexibility index (Phi) is 4.25. The Morgan fingerprint density at radius 1 is 1.44 bits per heavy atom. The van der Waals surface area contributed by atoms with Crippen LogP contribution in [-0.2, 0) is 14.3 Å². The van der Waals surface area contributed by atoms with Gasteiger partial charge in [0.2, 0.25) is 5.91 Å². The van der Waals surface area contributed by atoms with Crippen molar-refractivity contribution in [2.24, 2.45) is 11.7 Å². The minimum absolute atomic E-state index is 0.0357. The Balaban J connectivity index is 1.73. The number of hydrogen-bond acceptors (Lipinski definition) is 4. The second-order valence-corrected chi connectivity index (χ2v) is 5.68. The van der Waals surface area contributed by atoms with Crippen LogP contribution >= 0.6 is 0 Å². The summed E-state index contributed by atoms with van der Waals surface area (Å²) in [5.74, 6) is -0.317. The van der Waals surface area contributed by atoms with E-state index in [0.717, 1.165) is 25.7 Å². The van der Waals surface area contributed by atoms with E-state index in [9.17, 15) is 4.79 Å². The molecule has 1 unspecified atom stereocenters. The van der Waals surface area contributed by atoms with Gasteiger partial charge >= 0.3 is 0 Å². The highest BCUT2D eigenvalue weighted by Gasteiger charge is 2.43. The molecule has 1 heterocycles. The SMILES string of the molecule is CC(C)[C@H](N)C(=O)NCC1COC2(CCCC2)O1. The third kappa shape index (κ3) is 3.02. The molecule has 0 aromatic rings. The molecule has 0 radical (unpaired) electrons. The van der Waals surface area contributed by atoms with Gasteiger partial charge in [0.05, 0.1) is 12.6 Å². The minimum Gasteiger partial charge on any atom is -0.352 e. The lowest BCUT2D eigenvalue weighted by molar-refractivity contribution is -0.161. The molecule has 1 aliphatic heterocycles. The van der Waals surface area contributed by atoms with Crippen molar-refractivity contribution in [1.82, 2.24) is 5.32 Å². The molecule has 2 fully saturated rings. The molecule has 18 heavy (non-hydrogen) atoms. The fraction of sp³-hybridized carbons (Fsp3) is 0.923. The lowest BCUT2D eigenvalue weighted by Gasteiger charge is -2.22. The van der Waals surface area contributed by atoms with Crippen molar-refractivity contribution in [3.8, 4) is 0 Å². The van der Waals surface area contributed by atoms with Gasteiger partial charge in [-0.3, -0.25) is 4.79 Å². The summed E-state index contributed by atoms with van der Waals surface area (Å²) in [7, 11) is 0. The van der Waals surface area contributed by atoms with Crippen LogP contribution in [0.25, 0.3) is 0 Å². The van der Waals surface area contributed by atoms with Crippen LogP contribution in [0.4, 0.5) is 0 Å². The minimum atomic E-state index is -0.451. The van der Waals surface area contributed by atoms with E-state index in [1.165, 1.54) is 0 Å². The summed E-state index contributed by atoms with van der Waals surface area (Å²) in [4.78, 5) is 11.7. The monoisotopic (exact) mass is 256 g/mol. The van der Waals surface area contributed by atoms with E-state index >= 15 is 0 Å². The fourth-order valence-electron chi connectivity index (χ4n) is 2.53. The molecule has 2 aliphatic rings. The van der Waals surface area contributed by atoms with Crippen LogP contribution in [0.15, 0.2) is 0 Å². The maximum Gasteiger partial charge on any atom is 0.237 e. The zero-order valence-corrected chi connectivity index (χ0v) is 11.3. The second kappa shape index (κ2) is 5.55. The summed E-state index contributed by atoms with van der Waals surface area (Å²) in [6, 6.07) is -0.451. The third-order valence-corrected chi connectivity index (χ3v) is 3.80. The molecule has 1 saturated carbocycles. The quantitative estimate of drug-likeness (QED) is 0.779. The number of nitrogens with one attached hydrogen (secondary N) is 1. The van der Waals surface area contributed by atoms with Gasteiger partial charge in [-0.05, 0) is 18.8 Å². The van der Waals surface area contributed by atoms with Crippen LogP contribution in [0, 0.1) is 5.92 Å². The first-order valence-electron chi connectivity index (χ1n) is 6.87. The molecular formula is C13H24N2O3. The maximum atomic E-state index is 11.7. The first kappa shape index (κ1) is 13.8. The van der Waals surface area contributed by atoms with Crippen LogP contribution in [0.2, 0.25) is 0 Å². The lowest BCUT2D eigenvalue weighted by Crippen LogP contribution is -2.46. The summed E-state index contributed by atoms with van der Waals surface area (Å²) >= 11 is 0. The molecule has 104 valence electrons. The number of carbonyl (C=O) groups is 1. The first-order chi connectivity index (χ1) is 8.52. The average Bonchev–Trinajstić information content (AvgIpc) is 2.96. The van der Waals surface area contributed by atoms with Crippen molar-refractivity contribution in [1.29, 1.82) is 0 Å². The van der Waals surface area contributed by atoms with E-state index in [1.54, 1.807) is 0 Å². The van der Waals surface area contributed by atoms with Crippen molar-refractivity contribution < 1.29 is 14.3 Å². The van der Waals surface area contributed by atoms with Gasteiger partial charge in [0, 0.05) is 19.4 Å². The fourth-order valence-corrected chi connectivity index (χ4v) is 2.53.